The lowest BCUT2D eigenvalue weighted by molar-refractivity contribution is 0.0993. The molecular formula is C18H12O2S. The van der Waals surface area contributed by atoms with Crippen LogP contribution < -0.4 is 0 Å². The summed E-state index contributed by atoms with van der Waals surface area (Å²) in [6, 6.07) is 17.3. The summed E-state index contributed by atoms with van der Waals surface area (Å²) in [6.45, 7) is 0. The summed E-state index contributed by atoms with van der Waals surface area (Å²) in [4.78, 5) is 12.8. The van der Waals surface area contributed by atoms with Crippen LogP contribution in [-0.4, -0.2) is 10.9 Å². The van der Waals surface area contributed by atoms with E-state index in [1.807, 2.05) is 48.5 Å². The van der Waals surface area contributed by atoms with Crippen LogP contribution in [0.25, 0.3) is 10.1 Å². The summed E-state index contributed by atoms with van der Waals surface area (Å²) in [5.74, 6) is -0.0589. The van der Waals surface area contributed by atoms with E-state index in [2.05, 4.69) is 0 Å². The van der Waals surface area contributed by atoms with Crippen molar-refractivity contribution in [3.8, 4) is 0 Å². The van der Waals surface area contributed by atoms with Crippen molar-refractivity contribution in [2.45, 2.75) is 5.60 Å². The Balaban J connectivity index is 1.98. The number of benzene rings is 2. The number of aliphatic hydroxyl groups is 1. The first-order chi connectivity index (χ1) is 10.2. The zero-order chi connectivity index (χ0) is 14.4. The second-order valence-corrected chi connectivity index (χ2v) is 6.24. The molecule has 0 fully saturated rings. The summed E-state index contributed by atoms with van der Waals surface area (Å²) < 4.78 is 1.13. The van der Waals surface area contributed by atoms with Gasteiger partial charge >= 0.3 is 0 Å². The number of hydrogen-bond donors (Lipinski definition) is 1. The zero-order valence-electron chi connectivity index (χ0n) is 11.1. The van der Waals surface area contributed by atoms with Gasteiger partial charge in [0.1, 0.15) is 5.60 Å². The highest BCUT2D eigenvalue weighted by Gasteiger charge is 2.36. The Morgan fingerprint density at radius 2 is 1.76 bits per heavy atom. The SMILES string of the molecule is O=C1C=C[C@@](O)(c2cc3ccccc3s2)c2ccccc21. The van der Waals surface area contributed by atoms with Gasteiger partial charge in [0.2, 0.25) is 0 Å². The number of ketones is 1. The third-order valence-electron chi connectivity index (χ3n) is 3.88. The lowest BCUT2D eigenvalue weighted by Crippen LogP contribution is -2.29. The molecule has 1 N–H and O–H groups in total. The third-order valence-corrected chi connectivity index (χ3v) is 5.12. The molecule has 1 aliphatic rings. The molecule has 0 bridgehead atoms. The lowest BCUT2D eigenvalue weighted by atomic mass is 9.82. The van der Waals surface area contributed by atoms with Gasteiger partial charge < -0.3 is 5.11 Å². The number of thiophene rings is 1. The van der Waals surface area contributed by atoms with E-state index in [4.69, 9.17) is 0 Å². The standard InChI is InChI=1S/C18H12O2S/c19-15-9-10-18(20,14-7-3-2-6-13(14)15)17-11-12-5-1-4-8-16(12)21-17/h1-11,20H/t18-/m0/s1. The first-order valence-electron chi connectivity index (χ1n) is 6.73. The molecule has 3 aromatic rings. The summed E-state index contributed by atoms with van der Waals surface area (Å²) >= 11 is 1.55. The Bertz CT molecular complexity index is 858. The van der Waals surface area contributed by atoms with Gasteiger partial charge in [-0.05, 0) is 29.7 Å². The normalized spacial score (nSPS) is 20.7. The maximum Gasteiger partial charge on any atom is 0.186 e. The Hall–Kier alpha value is -2.23. The number of fused-ring (bicyclic) bond motifs is 2. The molecule has 0 saturated heterocycles. The molecule has 0 unspecified atom stereocenters. The second kappa shape index (κ2) is 4.38. The van der Waals surface area contributed by atoms with Crippen LogP contribution in [0.5, 0.6) is 0 Å². The fourth-order valence-corrected chi connectivity index (χ4v) is 3.94. The molecular weight excluding hydrogens is 280 g/mol. The number of hydrogen-bond acceptors (Lipinski definition) is 3. The molecule has 2 nitrogen and oxygen atoms in total. The first-order valence-corrected chi connectivity index (χ1v) is 7.55. The third kappa shape index (κ3) is 1.78. The predicted octanol–water partition coefficient (Wildman–Crippen LogP) is 3.89. The van der Waals surface area contributed by atoms with Gasteiger partial charge in [-0.3, -0.25) is 4.79 Å². The molecule has 0 amide bonds. The maximum absolute atomic E-state index is 12.0. The lowest BCUT2D eigenvalue weighted by Gasteiger charge is -2.28. The van der Waals surface area contributed by atoms with Crippen molar-refractivity contribution in [1.29, 1.82) is 0 Å². The molecule has 0 aliphatic heterocycles. The molecule has 1 heterocycles. The summed E-state index contributed by atoms with van der Waals surface area (Å²) in [7, 11) is 0. The number of carbonyl (C=O) groups is 1. The highest BCUT2D eigenvalue weighted by atomic mass is 32.1. The molecule has 0 spiro atoms. The molecule has 0 radical (unpaired) electrons. The Kier molecular flexibility index (Phi) is 2.61. The Morgan fingerprint density at radius 1 is 1.00 bits per heavy atom. The predicted molar refractivity (Wildman–Crippen MR) is 84.7 cm³/mol. The van der Waals surface area contributed by atoms with Crippen LogP contribution in [0.2, 0.25) is 0 Å². The molecule has 2 aromatic carbocycles. The van der Waals surface area contributed by atoms with Crippen molar-refractivity contribution in [2.75, 3.05) is 0 Å². The van der Waals surface area contributed by atoms with E-state index in [0.29, 0.717) is 11.1 Å². The van der Waals surface area contributed by atoms with Crippen LogP contribution >= 0.6 is 11.3 Å². The first kappa shape index (κ1) is 12.5. The summed E-state index contributed by atoms with van der Waals surface area (Å²) in [6.07, 6.45) is 3.06. The van der Waals surface area contributed by atoms with Crippen molar-refractivity contribution in [3.63, 3.8) is 0 Å². The van der Waals surface area contributed by atoms with E-state index in [-0.39, 0.29) is 5.78 Å². The smallest absolute Gasteiger partial charge is 0.186 e. The minimum Gasteiger partial charge on any atom is -0.376 e. The van der Waals surface area contributed by atoms with E-state index >= 15 is 0 Å². The van der Waals surface area contributed by atoms with Gasteiger partial charge in [-0.1, -0.05) is 42.5 Å². The average Bonchev–Trinajstić information content (AvgIpc) is 2.96. The largest absolute Gasteiger partial charge is 0.376 e. The molecule has 0 saturated carbocycles. The van der Waals surface area contributed by atoms with E-state index < -0.39 is 5.60 Å². The van der Waals surface area contributed by atoms with Crippen LogP contribution in [0.4, 0.5) is 0 Å². The van der Waals surface area contributed by atoms with Crippen molar-refractivity contribution < 1.29 is 9.90 Å². The average molecular weight is 292 g/mol. The van der Waals surface area contributed by atoms with Crippen molar-refractivity contribution >= 4 is 27.2 Å². The maximum atomic E-state index is 12.0. The topological polar surface area (TPSA) is 37.3 Å². The van der Waals surface area contributed by atoms with E-state index in [1.54, 1.807) is 23.5 Å². The van der Waals surface area contributed by atoms with Crippen LogP contribution in [-0.2, 0) is 5.60 Å². The molecule has 3 heteroatoms. The van der Waals surface area contributed by atoms with Gasteiger partial charge in [0, 0.05) is 20.7 Å². The molecule has 1 aromatic heterocycles. The van der Waals surface area contributed by atoms with Gasteiger partial charge in [-0.2, -0.15) is 0 Å². The van der Waals surface area contributed by atoms with E-state index in [0.717, 1.165) is 15.0 Å². The summed E-state index contributed by atoms with van der Waals surface area (Å²) in [5.41, 5.74) is -0.00205. The summed E-state index contributed by atoms with van der Waals surface area (Å²) in [5, 5.41) is 12.3. The Labute approximate surface area is 126 Å². The monoisotopic (exact) mass is 292 g/mol. The van der Waals surface area contributed by atoms with E-state index in [1.165, 1.54) is 6.08 Å². The molecule has 102 valence electrons. The van der Waals surface area contributed by atoms with Crippen LogP contribution in [0.15, 0.2) is 66.7 Å². The fourth-order valence-electron chi connectivity index (χ4n) is 2.79. The van der Waals surface area contributed by atoms with Gasteiger partial charge in [0.25, 0.3) is 0 Å². The second-order valence-electron chi connectivity index (χ2n) is 5.16. The highest BCUT2D eigenvalue weighted by molar-refractivity contribution is 7.19. The van der Waals surface area contributed by atoms with Crippen molar-refractivity contribution in [3.05, 3.63) is 82.8 Å². The van der Waals surface area contributed by atoms with Gasteiger partial charge in [-0.15, -0.1) is 11.3 Å². The number of allylic oxidation sites excluding steroid dienone is 1. The van der Waals surface area contributed by atoms with Gasteiger partial charge in [-0.25, -0.2) is 0 Å². The minimum absolute atomic E-state index is 0.0589. The van der Waals surface area contributed by atoms with Gasteiger partial charge in [0.15, 0.2) is 5.78 Å². The van der Waals surface area contributed by atoms with Crippen LogP contribution in [0, 0.1) is 0 Å². The molecule has 21 heavy (non-hydrogen) atoms. The molecule has 4 rings (SSSR count). The fraction of sp³-hybridized carbons (Fsp3) is 0.0556. The number of rotatable bonds is 1. The van der Waals surface area contributed by atoms with Crippen molar-refractivity contribution in [1.82, 2.24) is 0 Å². The van der Waals surface area contributed by atoms with Gasteiger partial charge in [0.05, 0.1) is 0 Å². The minimum atomic E-state index is -1.23. The molecule has 1 atom stereocenters. The highest BCUT2D eigenvalue weighted by Crippen LogP contribution is 2.41. The van der Waals surface area contributed by atoms with Crippen LogP contribution in [0.1, 0.15) is 20.8 Å². The van der Waals surface area contributed by atoms with Crippen molar-refractivity contribution in [2.24, 2.45) is 0 Å². The molecule has 1 aliphatic carbocycles. The Morgan fingerprint density at radius 3 is 2.62 bits per heavy atom. The quantitative estimate of drug-likeness (QED) is 0.739. The zero-order valence-corrected chi connectivity index (χ0v) is 11.9. The van der Waals surface area contributed by atoms with E-state index in [9.17, 15) is 9.90 Å². The van der Waals surface area contributed by atoms with Crippen LogP contribution in [0.3, 0.4) is 0 Å². The number of carbonyl (C=O) groups excluding carboxylic acids is 1.